The van der Waals surface area contributed by atoms with Crippen molar-refractivity contribution in [3.05, 3.63) is 60.2 Å². The molecular formula is C38H46F6N2O20S2. The molecule has 2 aromatic rings. The van der Waals surface area contributed by atoms with Crippen molar-refractivity contribution in [1.82, 2.24) is 0 Å². The monoisotopic (exact) mass is 1030 g/mol. The van der Waals surface area contributed by atoms with Crippen molar-refractivity contribution >= 4 is 56.1 Å². The van der Waals surface area contributed by atoms with Crippen molar-refractivity contribution in [3.8, 4) is 0 Å². The lowest BCUT2D eigenvalue weighted by molar-refractivity contribution is -0.765. The van der Waals surface area contributed by atoms with Crippen LogP contribution in [0.15, 0.2) is 49.1 Å². The predicted molar refractivity (Wildman–Crippen MR) is 205 cm³/mol. The van der Waals surface area contributed by atoms with Gasteiger partial charge in [0.2, 0.25) is 0 Å². The molecule has 2 aliphatic rings. The second-order valence-electron chi connectivity index (χ2n) is 14.5. The van der Waals surface area contributed by atoms with Crippen molar-refractivity contribution in [3.63, 3.8) is 0 Å². The molecule has 0 bridgehead atoms. The van der Waals surface area contributed by atoms with Crippen molar-refractivity contribution in [2.45, 2.75) is 102 Å². The van der Waals surface area contributed by atoms with Crippen molar-refractivity contribution < 1.29 is 128 Å². The lowest BCUT2D eigenvalue weighted by Gasteiger charge is -2.19. The van der Waals surface area contributed by atoms with Crippen LogP contribution < -0.4 is 9.13 Å². The fraction of sp³-hybridized carbons (Fsp3) is 0.579. The summed E-state index contributed by atoms with van der Waals surface area (Å²) in [7, 11) is -12.2. The molecule has 0 amide bonds. The third-order valence-electron chi connectivity index (χ3n) is 9.13. The Hall–Kier alpha value is -5.56. The van der Waals surface area contributed by atoms with Gasteiger partial charge in [-0.1, -0.05) is 6.92 Å². The van der Waals surface area contributed by atoms with Gasteiger partial charge in [0.25, 0.3) is 6.23 Å². The molecule has 0 saturated carbocycles. The molecule has 0 spiro atoms. The number of hydrogen-bond donors (Lipinski definition) is 0. The maximum absolute atomic E-state index is 12.9. The zero-order valence-corrected chi connectivity index (χ0v) is 38.3. The van der Waals surface area contributed by atoms with E-state index in [0.29, 0.717) is 12.8 Å². The van der Waals surface area contributed by atoms with Crippen LogP contribution in [0.3, 0.4) is 0 Å². The van der Waals surface area contributed by atoms with Gasteiger partial charge in [-0.2, -0.15) is 35.5 Å². The molecule has 0 aliphatic carbocycles. The molecule has 0 N–H and O–H groups in total. The van der Waals surface area contributed by atoms with Gasteiger partial charge in [-0.15, -0.1) is 0 Å². The largest absolute Gasteiger partial charge is 0.741 e. The van der Waals surface area contributed by atoms with Crippen LogP contribution in [0.5, 0.6) is 0 Å². The van der Waals surface area contributed by atoms with E-state index in [1.807, 2.05) is 13.8 Å². The predicted octanol–water partition coefficient (Wildman–Crippen LogP) is 2.22. The summed E-state index contributed by atoms with van der Waals surface area (Å²) >= 11 is 0. The van der Waals surface area contributed by atoms with Crippen LogP contribution >= 0.6 is 0 Å². The molecule has 68 heavy (non-hydrogen) atoms. The maximum atomic E-state index is 12.9. The topological polar surface area (TPSA) is 298 Å². The molecule has 0 unspecified atom stereocenters. The number of rotatable bonds is 15. The van der Waals surface area contributed by atoms with Crippen LogP contribution in [0.25, 0.3) is 0 Å². The Balaban J connectivity index is 0.000000844. The van der Waals surface area contributed by atoms with Crippen molar-refractivity contribution in [2.75, 3.05) is 26.4 Å². The second-order valence-corrected chi connectivity index (χ2v) is 17.2. The highest BCUT2D eigenvalue weighted by Crippen LogP contribution is 2.35. The van der Waals surface area contributed by atoms with E-state index >= 15 is 0 Å². The molecule has 2 aliphatic heterocycles. The second kappa shape index (κ2) is 25.2. The van der Waals surface area contributed by atoms with Crippen molar-refractivity contribution in [2.24, 2.45) is 11.8 Å². The van der Waals surface area contributed by atoms with E-state index in [1.165, 1.54) is 33.9 Å². The summed E-state index contributed by atoms with van der Waals surface area (Å²) in [6.07, 6.45) is 3.38. The molecular weight excluding hydrogens is 983 g/mol. The average Bonchev–Trinajstić information content (AvgIpc) is 3.69. The third-order valence-corrected chi connectivity index (χ3v) is 10.3. The Morgan fingerprint density at radius 2 is 0.956 bits per heavy atom. The van der Waals surface area contributed by atoms with Gasteiger partial charge in [-0.25, -0.2) is 26.4 Å². The molecule has 2 fully saturated rings. The Labute approximate surface area is 384 Å². The highest BCUT2D eigenvalue weighted by molar-refractivity contribution is 7.86. The Morgan fingerprint density at radius 1 is 0.588 bits per heavy atom. The Kier molecular flexibility index (Phi) is 21.7. The van der Waals surface area contributed by atoms with Crippen LogP contribution in [-0.4, -0.2) is 124 Å². The number of aromatic nitrogens is 2. The summed E-state index contributed by atoms with van der Waals surface area (Å²) in [5, 5.41) is 0. The number of carbonyl (C=O) groups is 6. The minimum atomic E-state index is -6.09. The summed E-state index contributed by atoms with van der Waals surface area (Å²) in [5.41, 5.74) is -10.8. The highest BCUT2D eigenvalue weighted by atomic mass is 32.2. The molecule has 30 heteroatoms. The molecule has 22 nitrogen and oxygen atoms in total. The number of nitrogens with zero attached hydrogens (tertiary/aromatic N) is 2. The SMILES string of the molecule is CC(=O)OC[C@H]1O[C@@H]([n+]2cccc(C(=O)OCCCCOC(=O)c3ccc[n+]([C@@H]4O[C@H](COC(C)=O)[C@@H](OC(C)=O)[C@H]4C)c3)c2)[C@H](OC(C)=O)[C@@H]1C.O=S(=O)([O-])C(F)(F)F.O=S(=O)([O-])C(F)(F)F. The molecule has 8 atom stereocenters. The Bertz CT molecular complexity index is 2270. The summed E-state index contributed by atoms with van der Waals surface area (Å²) in [6.45, 7) is 8.86. The van der Waals surface area contributed by atoms with E-state index in [1.54, 1.807) is 52.0 Å². The van der Waals surface area contributed by atoms with E-state index in [9.17, 15) is 55.1 Å². The van der Waals surface area contributed by atoms with Gasteiger partial charge in [-0.05, 0) is 31.9 Å². The minimum Gasteiger partial charge on any atom is -0.741 e. The first kappa shape index (κ1) is 58.6. The molecule has 4 heterocycles. The lowest BCUT2D eigenvalue weighted by atomic mass is 10.0. The summed E-state index contributed by atoms with van der Waals surface area (Å²) in [6, 6.07) is 6.48. The number of ether oxygens (including phenoxy) is 8. The number of hydrogen-bond acceptors (Lipinski definition) is 20. The van der Waals surface area contributed by atoms with E-state index in [-0.39, 0.29) is 49.4 Å². The zero-order chi connectivity index (χ0) is 51.9. The first-order chi connectivity index (χ1) is 31.2. The molecule has 382 valence electrons. The van der Waals surface area contributed by atoms with Crippen LogP contribution in [0, 0.1) is 11.8 Å². The number of esters is 6. The van der Waals surface area contributed by atoms with E-state index in [2.05, 4.69) is 0 Å². The normalized spacial score (nSPS) is 22.5. The van der Waals surface area contributed by atoms with Crippen LogP contribution in [-0.2, 0) is 77.3 Å². The molecule has 0 aromatic carbocycles. The van der Waals surface area contributed by atoms with E-state index < -0.39 is 104 Å². The fourth-order valence-corrected chi connectivity index (χ4v) is 6.01. The van der Waals surface area contributed by atoms with Crippen molar-refractivity contribution in [1.29, 1.82) is 0 Å². The third kappa shape index (κ3) is 18.5. The fourth-order valence-electron chi connectivity index (χ4n) is 6.01. The molecule has 2 saturated heterocycles. The standard InChI is InChI=1S/C36H46N2O14.2CHF3O3S/c1-21-29(19-47-23(3)39)51-34(32(21)50-26(6)42)38-14-10-12-28(18-38)36(44)46-16-8-7-15-45-35(43)27-11-9-13-37(17-27)33-22(2)31(49-25(5)41)30(52-33)20-48-24(4)40;2*2-1(3,4)8(5,6)7/h9-14,17-18,21-22,29-34H,7-8,15-16,19-20H2,1-6H3;2*(H,5,6,7)/q+2;;/p-2/t21-,22-,29-,30-,31+,32-,33-,34-;;/m1../s1. The quantitative estimate of drug-likeness (QED) is 0.0470. The first-order valence-corrected chi connectivity index (χ1v) is 22.4. The van der Waals surface area contributed by atoms with Gasteiger partial charge in [0.15, 0.2) is 51.1 Å². The van der Waals surface area contributed by atoms with Gasteiger partial charge in [-0.3, -0.25) is 19.2 Å². The number of pyridine rings is 2. The van der Waals surface area contributed by atoms with E-state index in [4.69, 9.17) is 63.8 Å². The minimum absolute atomic E-state index is 0.0115. The maximum Gasteiger partial charge on any atom is 0.485 e. The lowest BCUT2D eigenvalue weighted by Crippen LogP contribution is -2.46. The van der Waals surface area contributed by atoms with Gasteiger partial charge in [0, 0.05) is 45.7 Å². The first-order valence-electron chi connectivity index (χ1n) is 19.6. The molecule has 0 radical (unpaired) electrons. The Morgan fingerprint density at radius 3 is 1.34 bits per heavy atom. The van der Waals surface area contributed by atoms with Gasteiger partial charge >= 0.3 is 53.1 Å². The molecule has 2 aromatic heterocycles. The summed E-state index contributed by atoms with van der Waals surface area (Å²) in [4.78, 5) is 71.9. The average molecular weight is 1030 g/mol. The summed E-state index contributed by atoms with van der Waals surface area (Å²) in [5.74, 6) is -3.71. The number of carbonyl (C=O) groups excluding carboxylic acids is 6. The van der Waals surface area contributed by atoms with Gasteiger partial charge in [0.1, 0.15) is 42.7 Å². The van der Waals surface area contributed by atoms with Gasteiger partial charge < -0.3 is 47.0 Å². The highest BCUT2D eigenvalue weighted by Gasteiger charge is 2.51. The van der Waals surface area contributed by atoms with E-state index in [0.717, 1.165) is 0 Å². The van der Waals surface area contributed by atoms with Crippen LogP contribution in [0.2, 0.25) is 0 Å². The van der Waals surface area contributed by atoms with Crippen LogP contribution in [0.1, 0.15) is 87.6 Å². The van der Waals surface area contributed by atoms with Gasteiger partial charge in [0.05, 0.1) is 19.1 Å². The zero-order valence-electron chi connectivity index (χ0n) is 36.6. The summed E-state index contributed by atoms with van der Waals surface area (Å²) < 4.78 is 165. The van der Waals surface area contributed by atoms with Crippen LogP contribution in [0.4, 0.5) is 26.3 Å². The smallest absolute Gasteiger partial charge is 0.485 e. The molecule has 4 rings (SSSR count). The number of alkyl halides is 6. The number of halogens is 6. The number of unbranched alkanes of at least 4 members (excludes halogenated alkanes) is 1.